The maximum Gasteiger partial charge on any atom is 0.235 e. The molecular formula is C15H19NO2. The SMILES string of the molecule is COC(C)(C)Cc1ccccc1C1(N=C=O)CC1. The molecule has 0 radical (unpaired) electrons. The molecule has 1 saturated carbocycles. The van der Waals surface area contributed by atoms with E-state index in [4.69, 9.17) is 4.74 Å². The molecule has 3 heteroatoms. The molecule has 0 unspecified atom stereocenters. The molecule has 3 nitrogen and oxygen atoms in total. The average Bonchev–Trinajstić information content (AvgIpc) is 3.11. The van der Waals surface area contributed by atoms with Gasteiger partial charge in [-0.3, -0.25) is 0 Å². The van der Waals surface area contributed by atoms with Crippen LogP contribution in [0, 0.1) is 0 Å². The van der Waals surface area contributed by atoms with Crippen LogP contribution in [-0.4, -0.2) is 18.8 Å². The lowest BCUT2D eigenvalue weighted by Crippen LogP contribution is -2.26. The third-order valence-corrected chi connectivity index (χ3v) is 3.67. The first-order chi connectivity index (χ1) is 8.53. The zero-order chi connectivity index (χ0) is 13.2. The minimum Gasteiger partial charge on any atom is -0.378 e. The maximum absolute atomic E-state index is 10.6. The number of benzene rings is 1. The number of methoxy groups -OCH3 is 1. The van der Waals surface area contributed by atoms with Crippen LogP contribution in [-0.2, 0) is 21.5 Å². The first-order valence-electron chi connectivity index (χ1n) is 6.26. The number of ether oxygens (including phenoxy) is 1. The normalized spacial score (nSPS) is 17.1. The lowest BCUT2D eigenvalue weighted by atomic mass is 9.90. The fourth-order valence-corrected chi connectivity index (χ4v) is 2.31. The van der Waals surface area contributed by atoms with Gasteiger partial charge in [0.05, 0.1) is 11.1 Å². The van der Waals surface area contributed by atoms with E-state index in [-0.39, 0.29) is 11.1 Å². The second kappa shape index (κ2) is 4.68. The van der Waals surface area contributed by atoms with E-state index in [9.17, 15) is 4.79 Å². The van der Waals surface area contributed by atoms with Crippen molar-refractivity contribution in [3.8, 4) is 0 Å². The van der Waals surface area contributed by atoms with E-state index >= 15 is 0 Å². The summed E-state index contributed by atoms with van der Waals surface area (Å²) in [6.07, 6.45) is 4.41. The molecule has 1 aliphatic rings. The van der Waals surface area contributed by atoms with Gasteiger partial charge in [0.1, 0.15) is 0 Å². The number of carbonyl (C=O) groups excluding carboxylic acids is 1. The Kier molecular flexibility index (Phi) is 3.38. The summed E-state index contributed by atoms with van der Waals surface area (Å²) in [6.45, 7) is 4.12. The van der Waals surface area contributed by atoms with Crippen LogP contribution >= 0.6 is 0 Å². The minimum absolute atomic E-state index is 0.211. The van der Waals surface area contributed by atoms with Crippen LogP contribution in [0.25, 0.3) is 0 Å². The minimum atomic E-state index is -0.303. The number of aliphatic imine (C=N–C) groups is 1. The molecule has 0 bridgehead atoms. The summed E-state index contributed by atoms with van der Waals surface area (Å²) >= 11 is 0. The molecule has 1 fully saturated rings. The van der Waals surface area contributed by atoms with Gasteiger partial charge in [0, 0.05) is 13.5 Å². The van der Waals surface area contributed by atoms with Crippen LogP contribution < -0.4 is 0 Å². The van der Waals surface area contributed by atoms with Gasteiger partial charge in [-0.1, -0.05) is 24.3 Å². The van der Waals surface area contributed by atoms with E-state index in [0.29, 0.717) is 0 Å². The van der Waals surface area contributed by atoms with Crippen LogP contribution in [0.3, 0.4) is 0 Å². The lowest BCUT2D eigenvalue weighted by molar-refractivity contribution is 0.0230. The molecule has 0 atom stereocenters. The topological polar surface area (TPSA) is 38.7 Å². The lowest BCUT2D eigenvalue weighted by Gasteiger charge is -2.25. The summed E-state index contributed by atoms with van der Waals surface area (Å²) in [5.41, 5.74) is 1.85. The number of nitrogens with zero attached hydrogens (tertiary/aromatic N) is 1. The molecule has 18 heavy (non-hydrogen) atoms. The van der Waals surface area contributed by atoms with Gasteiger partial charge in [0.15, 0.2) is 0 Å². The highest BCUT2D eigenvalue weighted by molar-refractivity contribution is 5.44. The van der Waals surface area contributed by atoms with E-state index in [1.165, 1.54) is 5.56 Å². The Morgan fingerprint density at radius 1 is 1.39 bits per heavy atom. The van der Waals surface area contributed by atoms with Crippen LogP contribution in [0.2, 0.25) is 0 Å². The van der Waals surface area contributed by atoms with Crippen molar-refractivity contribution < 1.29 is 9.53 Å². The fourth-order valence-electron chi connectivity index (χ4n) is 2.31. The fraction of sp³-hybridized carbons (Fsp3) is 0.533. The summed E-state index contributed by atoms with van der Waals surface area (Å²) in [4.78, 5) is 14.6. The maximum atomic E-state index is 10.6. The zero-order valence-electron chi connectivity index (χ0n) is 11.2. The Labute approximate surface area is 108 Å². The van der Waals surface area contributed by atoms with Crippen molar-refractivity contribution >= 4 is 6.08 Å². The van der Waals surface area contributed by atoms with Gasteiger partial charge >= 0.3 is 0 Å². The third kappa shape index (κ3) is 2.53. The zero-order valence-corrected chi connectivity index (χ0v) is 11.2. The largest absolute Gasteiger partial charge is 0.378 e. The van der Waals surface area contributed by atoms with E-state index in [0.717, 1.165) is 24.8 Å². The molecular weight excluding hydrogens is 226 g/mol. The summed E-state index contributed by atoms with van der Waals surface area (Å²) in [7, 11) is 1.72. The van der Waals surface area contributed by atoms with Crippen molar-refractivity contribution in [2.24, 2.45) is 4.99 Å². The standard InChI is InChI=1S/C15H19NO2/c1-14(2,18-3)10-12-6-4-5-7-13(12)15(8-9-15)16-11-17/h4-7H,8-10H2,1-3H3. The molecule has 1 aromatic carbocycles. The highest BCUT2D eigenvalue weighted by Gasteiger charge is 2.46. The van der Waals surface area contributed by atoms with Crippen molar-refractivity contribution in [1.82, 2.24) is 0 Å². The van der Waals surface area contributed by atoms with Gasteiger partial charge < -0.3 is 4.74 Å². The molecule has 2 rings (SSSR count). The monoisotopic (exact) mass is 245 g/mol. The Balaban J connectivity index is 2.35. The van der Waals surface area contributed by atoms with E-state index in [1.807, 2.05) is 12.1 Å². The Morgan fingerprint density at radius 3 is 2.61 bits per heavy atom. The predicted octanol–water partition coefficient (Wildman–Crippen LogP) is 2.98. The quantitative estimate of drug-likeness (QED) is 0.591. The van der Waals surface area contributed by atoms with Gasteiger partial charge in [-0.15, -0.1) is 0 Å². The summed E-state index contributed by atoms with van der Waals surface area (Å²) < 4.78 is 5.48. The van der Waals surface area contributed by atoms with Gasteiger partial charge in [-0.05, 0) is 37.8 Å². The summed E-state index contributed by atoms with van der Waals surface area (Å²) in [6, 6.07) is 8.18. The first kappa shape index (κ1) is 13.0. The van der Waals surface area contributed by atoms with Gasteiger partial charge in [0.25, 0.3) is 0 Å². The van der Waals surface area contributed by atoms with E-state index in [2.05, 4.69) is 31.0 Å². The molecule has 0 aromatic heterocycles. The van der Waals surface area contributed by atoms with Crippen molar-refractivity contribution in [1.29, 1.82) is 0 Å². The second-order valence-electron chi connectivity index (χ2n) is 5.53. The van der Waals surface area contributed by atoms with Crippen molar-refractivity contribution in [3.63, 3.8) is 0 Å². The van der Waals surface area contributed by atoms with E-state index in [1.54, 1.807) is 13.2 Å². The Hall–Kier alpha value is -1.44. The van der Waals surface area contributed by atoms with Crippen molar-refractivity contribution in [2.75, 3.05) is 7.11 Å². The molecule has 0 heterocycles. The predicted molar refractivity (Wildman–Crippen MR) is 70.3 cm³/mol. The molecule has 0 spiro atoms. The van der Waals surface area contributed by atoms with Crippen LogP contribution in [0.1, 0.15) is 37.8 Å². The second-order valence-corrected chi connectivity index (χ2v) is 5.53. The molecule has 0 amide bonds. The smallest absolute Gasteiger partial charge is 0.235 e. The Morgan fingerprint density at radius 2 is 2.06 bits per heavy atom. The summed E-state index contributed by atoms with van der Waals surface area (Å²) in [5.74, 6) is 0. The first-order valence-corrected chi connectivity index (χ1v) is 6.26. The number of hydrogen-bond donors (Lipinski definition) is 0. The van der Waals surface area contributed by atoms with Crippen LogP contribution in [0.4, 0.5) is 0 Å². The van der Waals surface area contributed by atoms with Crippen molar-refractivity contribution in [3.05, 3.63) is 35.4 Å². The number of isocyanates is 1. The van der Waals surface area contributed by atoms with Crippen molar-refractivity contribution in [2.45, 2.75) is 44.2 Å². The van der Waals surface area contributed by atoms with Crippen LogP contribution in [0.5, 0.6) is 0 Å². The number of rotatable bonds is 5. The number of hydrogen-bond acceptors (Lipinski definition) is 3. The highest BCUT2D eigenvalue weighted by atomic mass is 16.5. The molecule has 1 aromatic rings. The van der Waals surface area contributed by atoms with Gasteiger partial charge in [-0.25, -0.2) is 4.79 Å². The highest BCUT2D eigenvalue weighted by Crippen LogP contribution is 2.50. The van der Waals surface area contributed by atoms with E-state index < -0.39 is 0 Å². The van der Waals surface area contributed by atoms with Crippen LogP contribution in [0.15, 0.2) is 29.3 Å². The van der Waals surface area contributed by atoms with Gasteiger partial charge in [-0.2, -0.15) is 4.99 Å². The Bertz CT molecular complexity index is 483. The molecule has 1 aliphatic carbocycles. The third-order valence-electron chi connectivity index (χ3n) is 3.67. The molecule has 0 saturated heterocycles. The average molecular weight is 245 g/mol. The molecule has 96 valence electrons. The van der Waals surface area contributed by atoms with Gasteiger partial charge in [0.2, 0.25) is 6.08 Å². The molecule has 0 aliphatic heterocycles. The molecule has 0 N–H and O–H groups in total. The summed E-state index contributed by atoms with van der Waals surface area (Å²) in [5, 5.41) is 0.